The Morgan fingerprint density at radius 2 is 2.35 bits per heavy atom. The fourth-order valence-corrected chi connectivity index (χ4v) is 3.01. The molecule has 0 spiro atoms. The van der Waals surface area contributed by atoms with Crippen molar-refractivity contribution < 1.29 is 0 Å². The summed E-state index contributed by atoms with van der Waals surface area (Å²) in [5, 5.41) is 6.56. The third-order valence-electron chi connectivity index (χ3n) is 3.10. The van der Waals surface area contributed by atoms with E-state index in [0.29, 0.717) is 6.04 Å². The number of aryl methyl sites for hydroxylation is 1. The second kappa shape index (κ2) is 4.23. The van der Waals surface area contributed by atoms with Crippen molar-refractivity contribution in [2.75, 3.05) is 7.05 Å². The highest BCUT2D eigenvalue weighted by Gasteiger charge is 2.28. The summed E-state index contributed by atoms with van der Waals surface area (Å²) in [5.74, 6) is 0. The fraction of sp³-hybridized carbons (Fsp3) is 0.500. The summed E-state index contributed by atoms with van der Waals surface area (Å²) in [5.41, 5.74) is 2.31. The summed E-state index contributed by atoms with van der Waals surface area (Å²) in [6.45, 7) is 2.03. The second-order valence-electron chi connectivity index (χ2n) is 4.51. The smallest absolute Gasteiger partial charge is 0.116 e. The molecule has 17 heavy (non-hydrogen) atoms. The molecule has 0 aliphatic heterocycles. The highest BCUT2D eigenvalue weighted by molar-refractivity contribution is 7.09. The third-order valence-corrected chi connectivity index (χ3v) is 4.13. The van der Waals surface area contributed by atoms with Gasteiger partial charge < -0.3 is 9.88 Å². The minimum atomic E-state index is 0.164. The Morgan fingerprint density at radius 1 is 1.53 bits per heavy atom. The number of nitrogens with zero attached hydrogens (tertiary/aromatic N) is 3. The van der Waals surface area contributed by atoms with Gasteiger partial charge in [-0.3, -0.25) is 0 Å². The Balaban J connectivity index is 1.96. The van der Waals surface area contributed by atoms with E-state index in [2.05, 4.69) is 25.2 Å². The van der Waals surface area contributed by atoms with E-state index in [9.17, 15) is 0 Å². The molecule has 1 fully saturated rings. The van der Waals surface area contributed by atoms with Gasteiger partial charge >= 0.3 is 0 Å². The molecule has 2 aromatic heterocycles. The van der Waals surface area contributed by atoms with Crippen molar-refractivity contribution in [3.05, 3.63) is 34.3 Å². The zero-order chi connectivity index (χ0) is 11.8. The molecule has 1 unspecified atom stereocenters. The number of thiazole rings is 1. The van der Waals surface area contributed by atoms with Crippen molar-refractivity contribution in [3.63, 3.8) is 0 Å². The number of aromatic nitrogens is 3. The van der Waals surface area contributed by atoms with E-state index in [-0.39, 0.29) is 6.04 Å². The van der Waals surface area contributed by atoms with Crippen LogP contribution in [0.15, 0.2) is 17.9 Å². The Bertz CT molecular complexity index is 512. The molecule has 0 bridgehead atoms. The first-order valence-electron chi connectivity index (χ1n) is 5.90. The topological polar surface area (TPSA) is 42.7 Å². The average Bonchev–Trinajstić information content (AvgIpc) is 2.91. The summed E-state index contributed by atoms with van der Waals surface area (Å²) < 4.78 is 2.29. The molecule has 2 heterocycles. The van der Waals surface area contributed by atoms with Crippen molar-refractivity contribution in [2.45, 2.75) is 31.8 Å². The molecule has 3 rings (SSSR count). The van der Waals surface area contributed by atoms with Gasteiger partial charge in [0.05, 0.1) is 18.2 Å². The molecule has 0 aromatic carbocycles. The number of nitrogens with one attached hydrogen (secondary N) is 1. The first kappa shape index (κ1) is 10.9. The lowest BCUT2D eigenvalue weighted by atomic mass is 10.2. The molecule has 1 N–H and O–H groups in total. The van der Waals surface area contributed by atoms with Crippen molar-refractivity contribution in [1.82, 2.24) is 19.9 Å². The van der Waals surface area contributed by atoms with Gasteiger partial charge in [-0.2, -0.15) is 0 Å². The molecule has 0 amide bonds. The maximum atomic E-state index is 4.57. The first-order chi connectivity index (χ1) is 8.29. The van der Waals surface area contributed by atoms with Crippen LogP contribution in [0.5, 0.6) is 0 Å². The highest BCUT2D eigenvalue weighted by atomic mass is 32.1. The van der Waals surface area contributed by atoms with Crippen molar-refractivity contribution in [2.24, 2.45) is 0 Å². The average molecular weight is 248 g/mol. The fourth-order valence-electron chi connectivity index (χ4n) is 2.10. The maximum Gasteiger partial charge on any atom is 0.116 e. The quantitative estimate of drug-likeness (QED) is 0.902. The number of hydrogen-bond donors (Lipinski definition) is 1. The Hall–Kier alpha value is -1.20. The molecule has 90 valence electrons. The van der Waals surface area contributed by atoms with Gasteiger partial charge in [0, 0.05) is 17.1 Å². The lowest BCUT2D eigenvalue weighted by molar-refractivity contribution is 0.598. The van der Waals surface area contributed by atoms with Crippen LogP contribution >= 0.6 is 11.3 Å². The molecule has 0 radical (unpaired) electrons. The lowest BCUT2D eigenvalue weighted by Crippen LogP contribution is -2.20. The largest absolute Gasteiger partial charge is 0.330 e. The highest BCUT2D eigenvalue weighted by Crippen LogP contribution is 2.38. The SMILES string of the molecule is CNC(c1nc(C)cs1)c1cncn1C1CC1. The zero-order valence-corrected chi connectivity index (χ0v) is 10.9. The van der Waals surface area contributed by atoms with E-state index in [1.807, 2.05) is 26.5 Å². The molecule has 1 aliphatic carbocycles. The van der Waals surface area contributed by atoms with Gasteiger partial charge in [0.15, 0.2) is 0 Å². The van der Waals surface area contributed by atoms with Crippen LogP contribution in [-0.4, -0.2) is 21.6 Å². The first-order valence-corrected chi connectivity index (χ1v) is 6.78. The van der Waals surface area contributed by atoms with Crippen LogP contribution in [0.4, 0.5) is 0 Å². The predicted molar refractivity (Wildman–Crippen MR) is 68.3 cm³/mol. The second-order valence-corrected chi connectivity index (χ2v) is 5.40. The third kappa shape index (κ3) is 2.00. The molecule has 1 aliphatic rings. The lowest BCUT2D eigenvalue weighted by Gasteiger charge is -2.15. The van der Waals surface area contributed by atoms with E-state index in [1.54, 1.807) is 11.3 Å². The Labute approximate surface area is 105 Å². The normalized spacial score (nSPS) is 17.3. The van der Waals surface area contributed by atoms with Gasteiger partial charge in [0.1, 0.15) is 11.0 Å². The van der Waals surface area contributed by atoms with Gasteiger partial charge in [0.25, 0.3) is 0 Å². The number of hydrogen-bond acceptors (Lipinski definition) is 4. The van der Waals surface area contributed by atoms with Gasteiger partial charge in [-0.05, 0) is 26.8 Å². The van der Waals surface area contributed by atoms with Gasteiger partial charge in [-0.15, -0.1) is 11.3 Å². The van der Waals surface area contributed by atoms with Gasteiger partial charge in [-0.25, -0.2) is 9.97 Å². The predicted octanol–water partition coefficient (Wildman–Crippen LogP) is 2.29. The standard InChI is InChI=1S/C12H16N4S/c1-8-6-17-12(15-8)11(13-2)10-5-14-7-16(10)9-3-4-9/h5-7,9,11,13H,3-4H2,1-2H3. The van der Waals surface area contributed by atoms with Crippen molar-refractivity contribution >= 4 is 11.3 Å². The van der Waals surface area contributed by atoms with E-state index in [0.717, 1.165) is 10.7 Å². The van der Waals surface area contributed by atoms with Crippen LogP contribution in [-0.2, 0) is 0 Å². The summed E-state index contributed by atoms with van der Waals surface area (Å²) in [6.07, 6.45) is 6.45. The molecule has 2 aromatic rings. The van der Waals surface area contributed by atoms with Crippen LogP contribution in [0, 0.1) is 6.92 Å². The number of rotatable bonds is 4. The summed E-state index contributed by atoms with van der Waals surface area (Å²) in [6, 6.07) is 0.821. The molecular formula is C12H16N4S. The van der Waals surface area contributed by atoms with Gasteiger partial charge in [0.2, 0.25) is 0 Å². The molecule has 1 atom stereocenters. The summed E-state index contributed by atoms with van der Waals surface area (Å²) in [4.78, 5) is 8.86. The van der Waals surface area contributed by atoms with Crippen LogP contribution in [0.1, 0.15) is 41.3 Å². The van der Waals surface area contributed by atoms with E-state index in [4.69, 9.17) is 0 Å². The van der Waals surface area contributed by atoms with Crippen LogP contribution in [0.2, 0.25) is 0 Å². The minimum Gasteiger partial charge on any atom is -0.330 e. The van der Waals surface area contributed by atoms with Gasteiger partial charge in [-0.1, -0.05) is 0 Å². The summed E-state index contributed by atoms with van der Waals surface area (Å²) >= 11 is 1.71. The summed E-state index contributed by atoms with van der Waals surface area (Å²) in [7, 11) is 1.98. The Kier molecular flexibility index (Phi) is 2.72. The number of imidazole rings is 1. The maximum absolute atomic E-state index is 4.57. The van der Waals surface area contributed by atoms with Crippen molar-refractivity contribution in [1.29, 1.82) is 0 Å². The minimum absolute atomic E-state index is 0.164. The van der Waals surface area contributed by atoms with Crippen LogP contribution in [0.25, 0.3) is 0 Å². The van der Waals surface area contributed by atoms with Crippen LogP contribution in [0.3, 0.4) is 0 Å². The van der Waals surface area contributed by atoms with E-state index in [1.165, 1.54) is 18.5 Å². The van der Waals surface area contributed by atoms with Crippen molar-refractivity contribution in [3.8, 4) is 0 Å². The Morgan fingerprint density at radius 3 is 2.94 bits per heavy atom. The molecular weight excluding hydrogens is 232 g/mol. The molecule has 4 nitrogen and oxygen atoms in total. The molecule has 5 heteroatoms. The molecule has 0 saturated heterocycles. The van der Waals surface area contributed by atoms with E-state index < -0.39 is 0 Å². The molecule has 1 saturated carbocycles. The zero-order valence-electron chi connectivity index (χ0n) is 10.1. The van der Waals surface area contributed by atoms with E-state index >= 15 is 0 Å². The monoisotopic (exact) mass is 248 g/mol. The van der Waals surface area contributed by atoms with Crippen LogP contribution < -0.4 is 5.32 Å².